The van der Waals surface area contributed by atoms with E-state index in [-0.39, 0.29) is 0 Å². The van der Waals surface area contributed by atoms with E-state index in [4.69, 9.17) is 23.2 Å². The van der Waals surface area contributed by atoms with Crippen molar-refractivity contribution in [2.75, 3.05) is 5.88 Å². The van der Waals surface area contributed by atoms with Gasteiger partial charge in [-0.15, -0.1) is 11.6 Å². The Morgan fingerprint density at radius 2 is 2.05 bits per heavy atom. The molecule has 3 rings (SSSR count). The van der Waals surface area contributed by atoms with Crippen molar-refractivity contribution in [2.24, 2.45) is 0 Å². The quantitative estimate of drug-likeness (QED) is 0.543. The highest BCUT2D eigenvalue weighted by Crippen LogP contribution is 2.31. The van der Waals surface area contributed by atoms with Gasteiger partial charge in [-0.25, -0.2) is 4.98 Å². The van der Waals surface area contributed by atoms with Gasteiger partial charge in [0.15, 0.2) is 0 Å². The van der Waals surface area contributed by atoms with E-state index >= 15 is 0 Å². The fourth-order valence-electron chi connectivity index (χ4n) is 2.43. The molecule has 0 aliphatic heterocycles. The number of benzene rings is 2. The average Bonchev–Trinajstić information content (AvgIpc) is 2.82. The first-order chi connectivity index (χ1) is 10.1. The lowest BCUT2D eigenvalue weighted by Crippen LogP contribution is -2.03. The van der Waals surface area contributed by atoms with Crippen LogP contribution in [0.25, 0.3) is 16.7 Å². The van der Waals surface area contributed by atoms with Gasteiger partial charge in [0.2, 0.25) is 0 Å². The second-order valence-corrected chi connectivity index (χ2v) is 6.50. The number of hydrogen-bond acceptors (Lipinski definition) is 1. The van der Waals surface area contributed by atoms with E-state index in [9.17, 15) is 0 Å². The van der Waals surface area contributed by atoms with Gasteiger partial charge in [-0.3, -0.25) is 4.57 Å². The molecule has 0 aliphatic rings. The second kappa shape index (κ2) is 5.99. The Labute approximate surface area is 141 Å². The Balaban J connectivity index is 2.36. The number of alkyl halides is 1. The summed E-state index contributed by atoms with van der Waals surface area (Å²) in [7, 11) is 0. The highest BCUT2D eigenvalue weighted by atomic mass is 79.9. The van der Waals surface area contributed by atoms with Crippen molar-refractivity contribution in [1.82, 2.24) is 9.55 Å². The van der Waals surface area contributed by atoms with Crippen molar-refractivity contribution in [3.63, 3.8) is 0 Å². The molecule has 0 atom stereocenters. The molecule has 0 fully saturated rings. The molecule has 1 heterocycles. The zero-order valence-electron chi connectivity index (χ0n) is 11.4. The van der Waals surface area contributed by atoms with Gasteiger partial charge in [-0.1, -0.05) is 23.7 Å². The van der Waals surface area contributed by atoms with Crippen LogP contribution in [0.15, 0.2) is 40.9 Å². The van der Waals surface area contributed by atoms with Gasteiger partial charge >= 0.3 is 0 Å². The minimum atomic E-state index is 0.518. The van der Waals surface area contributed by atoms with Gasteiger partial charge in [-0.05, 0) is 52.7 Å². The first kappa shape index (κ1) is 14.9. The standard InChI is InChI=1S/C16H13BrCl2N2/c1-10-5-6-11(17)14(9-10)21-13-4-2-3-12(19)16(13)20-15(21)7-8-18/h2-6,9H,7-8H2,1H3. The molecule has 0 spiro atoms. The number of nitrogens with zero attached hydrogens (tertiary/aromatic N) is 2. The van der Waals surface area contributed by atoms with Crippen LogP contribution < -0.4 is 0 Å². The van der Waals surface area contributed by atoms with Crippen LogP contribution in [0.4, 0.5) is 0 Å². The van der Waals surface area contributed by atoms with E-state index < -0.39 is 0 Å². The molecular formula is C16H13BrCl2N2. The predicted octanol–water partition coefficient (Wildman–Crippen LogP) is 5.53. The third kappa shape index (κ3) is 2.70. The van der Waals surface area contributed by atoms with Gasteiger partial charge < -0.3 is 0 Å². The van der Waals surface area contributed by atoms with Crippen LogP contribution in [0.2, 0.25) is 5.02 Å². The van der Waals surface area contributed by atoms with Crippen LogP contribution in [-0.4, -0.2) is 15.4 Å². The third-order valence-corrected chi connectivity index (χ3v) is 4.53. The van der Waals surface area contributed by atoms with E-state index in [1.807, 2.05) is 24.3 Å². The minimum absolute atomic E-state index is 0.518. The lowest BCUT2D eigenvalue weighted by molar-refractivity contribution is 0.908. The van der Waals surface area contributed by atoms with E-state index in [0.717, 1.165) is 27.0 Å². The zero-order valence-corrected chi connectivity index (χ0v) is 14.5. The molecule has 1 aromatic heterocycles. The van der Waals surface area contributed by atoms with Crippen LogP contribution in [0.1, 0.15) is 11.4 Å². The van der Waals surface area contributed by atoms with Crippen LogP contribution in [0.3, 0.4) is 0 Å². The van der Waals surface area contributed by atoms with Crippen molar-refractivity contribution >= 4 is 50.2 Å². The van der Waals surface area contributed by atoms with Crippen LogP contribution in [0, 0.1) is 6.92 Å². The van der Waals surface area contributed by atoms with Gasteiger partial charge in [0.1, 0.15) is 11.3 Å². The topological polar surface area (TPSA) is 17.8 Å². The van der Waals surface area contributed by atoms with E-state index in [1.54, 1.807) is 0 Å². The number of aromatic nitrogens is 2. The molecule has 3 aromatic rings. The molecule has 21 heavy (non-hydrogen) atoms. The maximum atomic E-state index is 6.28. The number of rotatable bonds is 3. The number of aryl methyl sites for hydroxylation is 2. The molecule has 5 heteroatoms. The molecule has 0 bridgehead atoms. The molecule has 108 valence electrons. The SMILES string of the molecule is Cc1ccc(Br)c(-n2c(CCCl)nc3c(Cl)cccc32)c1. The highest BCUT2D eigenvalue weighted by Gasteiger charge is 2.15. The predicted molar refractivity (Wildman–Crippen MR) is 92.9 cm³/mol. The third-order valence-electron chi connectivity index (χ3n) is 3.37. The van der Waals surface area contributed by atoms with Gasteiger partial charge in [0.25, 0.3) is 0 Å². The van der Waals surface area contributed by atoms with E-state index in [2.05, 4.69) is 44.5 Å². The Kier molecular flexibility index (Phi) is 4.25. The molecule has 0 saturated carbocycles. The Morgan fingerprint density at radius 3 is 2.81 bits per heavy atom. The molecule has 0 unspecified atom stereocenters. The summed E-state index contributed by atoms with van der Waals surface area (Å²) in [6.07, 6.45) is 0.687. The van der Waals surface area contributed by atoms with Crippen molar-refractivity contribution < 1.29 is 0 Å². The largest absolute Gasteiger partial charge is 0.295 e. The summed E-state index contributed by atoms with van der Waals surface area (Å²) in [5.74, 6) is 1.43. The molecule has 0 amide bonds. The Morgan fingerprint density at radius 1 is 1.24 bits per heavy atom. The number of imidazole rings is 1. The summed E-state index contributed by atoms with van der Waals surface area (Å²) in [4.78, 5) is 4.67. The molecule has 0 radical (unpaired) electrons. The van der Waals surface area contributed by atoms with Gasteiger partial charge in [0, 0.05) is 16.8 Å². The molecule has 2 aromatic carbocycles. The summed E-state index contributed by atoms with van der Waals surface area (Å²) in [5, 5.41) is 0.658. The average molecular weight is 384 g/mol. The normalized spacial score (nSPS) is 11.2. The lowest BCUT2D eigenvalue weighted by atomic mass is 10.2. The summed E-state index contributed by atoms with van der Waals surface area (Å²) in [6, 6.07) is 12.1. The number of fused-ring (bicyclic) bond motifs is 1. The molecule has 2 nitrogen and oxygen atoms in total. The molecular weight excluding hydrogens is 371 g/mol. The number of hydrogen-bond donors (Lipinski definition) is 0. The summed E-state index contributed by atoms with van der Waals surface area (Å²) in [6.45, 7) is 2.07. The summed E-state index contributed by atoms with van der Waals surface area (Å²) >= 11 is 15.8. The van der Waals surface area contributed by atoms with E-state index in [0.29, 0.717) is 17.3 Å². The lowest BCUT2D eigenvalue weighted by Gasteiger charge is -2.11. The fourth-order valence-corrected chi connectivity index (χ4v) is 3.23. The monoisotopic (exact) mass is 382 g/mol. The van der Waals surface area contributed by atoms with Crippen LogP contribution in [-0.2, 0) is 6.42 Å². The Hall–Kier alpha value is -1.03. The number of halogens is 3. The maximum Gasteiger partial charge on any atom is 0.115 e. The molecule has 0 saturated heterocycles. The second-order valence-electron chi connectivity index (χ2n) is 4.86. The van der Waals surface area contributed by atoms with Gasteiger partial charge in [0.05, 0.1) is 16.2 Å². The van der Waals surface area contributed by atoms with Crippen LogP contribution in [0.5, 0.6) is 0 Å². The van der Waals surface area contributed by atoms with Crippen molar-refractivity contribution in [1.29, 1.82) is 0 Å². The zero-order chi connectivity index (χ0) is 15.0. The van der Waals surface area contributed by atoms with Crippen molar-refractivity contribution in [3.05, 3.63) is 57.3 Å². The first-order valence-electron chi connectivity index (χ1n) is 6.60. The molecule has 0 aliphatic carbocycles. The summed E-state index contributed by atoms with van der Waals surface area (Å²) in [5.41, 5.74) is 4.05. The van der Waals surface area contributed by atoms with Gasteiger partial charge in [-0.2, -0.15) is 0 Å². The van der Waals surface area contributed by atoms with E-state index in [1.165, 1.54) is 5.56 Å². The minimum Gasteiger partial charge on any atom is -0.295 e. The number of para-hydroxylation sites is 1. The summed E-state index contributed by atoms with van der Waals surface area (Å²) < 4.78 is 3.14. The van der Waals surface area contributed by atoms with Crippen LogP contribution >= 0.6 is 39.1 Å². The fraction of sp³-hybridized carbons (Fsp3) is 0.188. The van der Waals surface area contributed by atoms with Crippen molar-refractivity contribution in [2.45, 2.75) is 13.3 Å². The smallest absolute Gasteiger partial charge is 0.115 e. The molecule has 0 N–H and O–H groups in total. The highest BCUT2D eigenvalue weighted by molar-refractivity contribution is 9.10. The maximum absolute atomic E-state index is 6.28. The first-order valence-corrected chi connectivity index (χ1v) is 8.30. The van der Waals surface area contributed by atoms with Crippen molar-refractivity contribution in [3.8, 4) is 5.69 Å². The Bertz CT molecular complexity index is 811.